The average Bonchev–Trinajstić information content (AvgIpc) is 2.33. The zero-order chi connectivity index (χ0) is 13.3. The number of nitrogens with zero attached hydrogens (tertiary/aromatic N) is 1. The van der Waals surface area contributed by atoms with Crippen molar-refractivity contribution in [3.8, 4) is 0 Å². The number of anilines is 1. The highest BCUT2D eigenvalue weighted by Gasteiger charge is 2.16. The number of nitrogens with one attached hydrogen (secondary N) is 1. The Morgan fingerprint density at radius 1 is 1.33 bits per heavy atom. The Morgan fingerprint density at radius 3 is 2.67 bits per heavy atom. The second-order valence-corrected chi connectivity index (χ2v) is 4.01. The summed E-state index contributed by atoms with van der Waals surface area (Å²) in [5.41, 5.74) is 0.975. The van der Waals surface area contributed by atoms with Crippen molar-refractivity contribution in [2.45, 2.75) is 20.3 Å². The summed E-state index contributed by atoms with van der Waals surface area (Å²) in [4.78, 5) is 3.85. The van der Waals surface area contributed by atoms with Crippen molar-refractivity contribution in [1.29, 1.82) is 0 Å². The van der Waals surface area contributed by atoms with Crippen LogP contribution in [-0.4, -0.2) is 11.5 Å². The van der Waals surface area contributed by atoms with E-state index in [4.69, 9.17) is 0 Å². The molecule has 2 rings (SSSR count). The van der Waals surface area contributed by atoms with E-state index in [2.05, 4.69) is 10.3 Å². The summed E-state index contributed by atoms with van der Waals surface area (Å²) < 4.78 is 39.3. The lowest BCUT2D eigenvalue weighted by molar-refractivity contribution is 0.146. The van der Waals surface area contributed by atoms with Crippen LogP contribution in [0.4, 0.5) is 18.9 Å². The molecule has 0 saturated heterocycles. The van der Waals surface area contributed by atoms with Crippen molar-refractivity contribution >= 4 is 16.6 Å². The fourth-order valence-electron chi connectivity index (χ4n) is 1.89. The maximum atomic E-state index is 13.8. The number of aromatic nitrogens is 1. The van der Waals surface area contributed by atoms with Crippen LogP contribution in [0.3, 0.4) is 0 Å². The highest BCUT2D eigenvalue weighted by molar-refractivity contribution is 5.93. The monoisotopic (exact) mass is 254 g/mol. The van der Waals surface area contributed by atoms with Crippen LogP contribution < -0.4 is 5.32 Å². The molecule has 0 amide bonds. The molecular weight excluding hydrogens is 241 g/mol. The van der Waals surface area contributed by atoms with Gasteiger partial charge in [-0.2, -0.15) is 0 Å². The molecule has 1 aromatic carbocycles. The molecule has 0 aliphatic rings. The largest absolute Gasteiger partial charge is 0.385 e. The number of rotatable bonds is 3. The van der Waals surface area contributed by atoms with Crippen molar-refractivity contribution in [2.75, 3.05) is 11.9 Å². The molecule has 0 aliphatic heterocycles. The van der Waals surface area contributed by atoms with E-state index in [0.717, 1.165) is 0 Å². The summed E-state index contributed by atoms with van der Waals surface area (Å²) in [7, 11) is 0. The Bertz CT molecular complexity index is 582. The van der Waals surface area contributed by atoms with E-state index in [0.29, 0.717) is 17.8 Å². The molecule has 0 fully saturated rings. The molecule has 1 N–H and O–H groups in total. The van der Waals surface area contributed by atoms with Gasteiger partial charge in [0, 0.05) is 12.2 Å². The van der Waals surface area contributed by atoms with Crippen molar-refractivity contribution in [3.05, 3.63) is 35.3 Å². The van der Waals surface area contributed by atoms with Crippen LogP contribution in [0.15, 0.2) is 18.2 Å². The smallest absolute Gasteiger partial charge is 0.280 e. The van der Waals surface area contributed by atoms with E-state index < -0.39 is 12.2 Å². The second-order valence-electron chi connectivity index (χ2n) is 4.01. The lowest BCUT2D eigenvalue weighted by atomic mass is 10.1. The van der Waals surface area contributed by atoms with Gasteiger partial charge < -0.3 is 5.32 Å². The molecule has 0 atom stereocenters. The Balaban J connectivity index is 2.80. The summed E-state index contributed by atoms with van der Waals surface area (Å²) in [5, 5.41) is 3.17. The molecule has 0 saturated carbocycles. The number of benzene rings is 1. The predicted octanol–water partition coefficient (Wildman–Crippen LogP) is 4.05. The number of halogens is 3. The van der Waals surface area contributed by atoms with Crippen LogP contribution in [0.5, 0.6) is 0 Å². The first-order valence-electron chi connectivity index (χ1n) is 5.66. The van der Waals surface area contributed by atoms with Gasteiger partial charge in [-0.05, 0) is 31.5 Å². The SMILES string of the molecule is CCNc1cc(C(F)F)nc2c(C)ccc(F)c12. The lowest BCUT2D eigenvalue weighted by Gasteiger charge is -2.12. The normalized spacial score (nSPS) is 11.2. The molecule has 1 aromatic heterocycles. The molecule has 2 nitrogen and oxygen atoms in total. The zero-order valence-corrected chi connectivity index (χ0v) is 10.1. The maximum absolute atomic E-state index is 13.8. The Hall–Kier alpha value is -1.78. The van der Waals surface area contributed by atoms with E-state index in [1.807, 2.05) is 6.92 Å². The fourth-order valence-corrected chi connectivity index (χ4v) is 1.89. The highest BCUT2D eigenvalue weighted by atomic mass is 19.3. The molecular formula is C13H13F3N2. The molecule has 96 valence electrons. The van der Waals surface area contributed by atoms with Gasteiger partial charge in [0.15, 0.2) is 0 Å². The van der Waals surface area contributed by atoms with Crippen molar-refractivity contribution in [2.24, 2.45) is 0 Å². The standard InChI is InChI=1S/C13H13F3N2/c1-3-17-9-6-10(13(15)16)18-12-7(2)4-5-8(14)11(9)12/h4-6,13H,3H2,1-2H3,(H,17,18). The zero-order valence-electron chi connectivity index (χ0n) is 10.1. The number of hydrogen-bond donors (Lipinski definition) is 1. The van der Waals surface area contributed by atoms with E-state index in [-0.39, 0.29) is 16.6 Å². The quantitative estimate of drug-likeness (QED) is 0.893. The van der Waals surface area contributed by atoms with Crippen molar-refractivity contribution < 1.29 is 13.2 Å². The first-order chi connectivity index (χ1) is 8.54. The summed E-state index contributed by atoms with van der Waals surface area (Å²) in [6.45, 7) is 4.07. The van der Waals surface area contributed by atoms with Crippen molar-refractivity contribution in [1.82, 2.24) is 4.98 Å². The molecule has 0 spiro atoms. The van der Waals surface area contributed by atoms with Crippen molar-refractivity contribution in [3.63, 3.8) is 0 Å². The molecule has 1 heterocycles. The minimum Gasteiger partial charge on any atom is -0.385 e. The van der Waals surface area contributed by atoms with Gasteiger partial charge in [-0.15, -0.1) is 0 Å². The van der Waals surface area contributed by atoms with Gasteiger partial charge >= 0.3 is 0 Å². The second kappa shape index (κ2) is 4.84. The first kappa shape index (κ1) is 12.7. The molecule has 2 aromatic rings. The van der Waals surface area contributed by atoms with E-state index >= 15 is 0 Å². The average molecular weight is 254 g/mol. The van der Waals surface area contributed by atoms with Crippen LogP contribution in [0.2, 0.25) is 0 Å². The summed E-state index contributed by atoms with van der Waals surface area (Å²) in [6.07, 6.45) is -2.67. The molecule has 18 heavy (non-hydrogen) atoms. The number of pyridine rings is 1. The van der Waals surface area contributed by atoms with Crippen LogP contribution >= 0.6 is 0 Å². The molecule has 0 bridgehead atoms. The number of aryl methyl sites for hydroxylation is 1. The van der Waals surface area contributed by atoms with E-state index in [1.54, 1.807) is 6.92 Å². The predicted molar refractivity (Wildman–Crippen MR) is 65.6 cm³/mol. The molecule has 0 unspecified atom stereocenters. The molecule has 0 aliphatic carbocycles. The Kier molecular flexibility index (Phi) is 3.41. The number of alkyl halides is 2. The van der Waals surface area contributed by atoms with Gasteiger partial charge in [0.25, 0.3) is 6.43 Å². The van der Waals surface area contributed by atoms with Gasteiger partial charge in [-0.3, -0.25) is 0 Å². The van der Waals surface area contributed by atoms with Gasteiger partial charge in [0.1, 0.15) is 11.5 Å². The minimum atomic E-state index is -2.67. The third-order valence-corrected chi connectivity index (χ3v) is 2.72. The number of hydrogen-bond acceptors (Lipinski definition) is 2. The highest BCUT2D eigenvalue weighted by Crippen LogP contribution is 2.31. The minimum absolute atomic E-state index is 0.265. The van der Waals surface area contributed by atoms with Crippen LogP contribution in [0.1, 0.15) is 24.6 Å². The van der Waals surface area contributed by atoms with Gasteiger partial charge in [0.2, 0.25) is 0 Å². The van der Waals surface area contributed by atoms with Crippen LogP contribution in [0, 0.1) is 12.7 Å². The van der Waals surface area contributed by atoms with Gasteiger partial charge in [0.05, 0.1) is 10.9 Å². The van der Waals surface area contributed by atoms with Crippen LogP contribution in [-0.2, 0) is 0 Å². The Labute approximate surface area is 103 Å². The summed E-state index contributed by atoms with van der Waals surface area (Å²) >= 11 is 0. The number of fused-ring (bicyclic) bond motifs is 1. The third-order valence-electron chi connectivity index (χ3n) is 2.72. The Morgan fingerprint density at radius 2 is 2.06 bits per heavy atom. The van der Waals surface area contributed by atoms with E-state index in [9.17, 15) is 13.2 Å². The fraction of sp³-hybridized carbons (Fsp3) is 0.308. The van der Waals surface area contributed by atoms with Gasteiger partial charge in [-0.25, -0.2) is 18.2 Å². The molecule has 0 radical (unpaired) electrons. The summed E-state index contributed by atoms with van der Waals surface area (Å²) in [6, 6.07) is 4.07. The molecule has 5 heteroatoms. The maximum Gasteiger partial charge on any atom is 0.280 e. The van der Waals surface area contributed by atoms with Gasteiger partial charge in [-0.1, -0.05) is 6.07 Å². The first-order valence-corrected chi connectivity index (χ1v) is 5.66. The van der Waals surface area contributed by atoms with Crippen LogP contribution in [0.25, 0.3) is 10.9 Å². The summed E-state index contributed by atoms with van der Waals surface area (Å²) in [5.74, 6) is -0.458. The topological polar surface area (TPSA) is 24.9 Å². The lowest BCUT2D eigenvalue weighted by Crippen LogP contribution is -2.03. The van der Waals surface area contributed by atoms with E-state index in [1.165, 1.54) is 18.2 Å². The third kappa shape index (κ3) is 2.12.